The molecule has 0 bridgehead atoms. The maximum atomic E-state index is 10.9. The summed E-state index contributed by atoms with van der Waals surface area (Å²) in [5.41, 5.74) is 2.55. The Morgan fingerprint density at radius 1 is 1.13 bits per heavy atom. The Labute approximate surface area is 88.2 Å². The van der Waals surface area contributed by atoms with Crippen molar-refractivity contribution in [1.29, 1.82) is 0 Å². The van der Waals surface area contributed by atoms with Crippen LogP contribution >= 0.6 is 0 Å². The fourth-order valence-electron chi connectivity index (χ4n) is 1.99. The molecule has 0 atom stereocenters. The van der Waals surface area contributed by atoms with Crippen LogP contribution in [-0.2, 0) is 0 Å². The Balaban J connectivity index is 2.84. The van der Waals surface area contributed by atoms with E-state index in [1.54, 1.807) is 12.1 Å². The lowest BCUT2D eigenvalue weighted by molar-refractivity contribution is 0.0697. The molecule has 15 heavy (non-hydrogen) atoms. The van der Waals surface area contributed by atoms with Crippen molar-refractivity contribution in [3.8, 4) is 0 Å². The molecule has 0 aliphatic carbocycles. The van der Waals surface area contributed by atoms with E-state index in [0.717, 1.165) is 16.3 Å². The van der Waals surface area contributed by atoms with Gasteiger partial charge >= 0.3 is 5.97 Å². The molecule has 2 nitrogen and oxygen atoms in total. The Morgan fingerprint density at radius 2 is 1.87 bits per heavy atom. The molecule has 2 rings (SSSR count). The summed E-state index contributed by atoms with van der Waals surface area (Å²) in [5, 5.41) is 11.1. The van der Waals surface area contributed by atoms with Gasteiger partial charge in [-0.2, -0.15) is 0 Å². The molecule has 0 spiro atoms. The molecule has 0 radical (unpaired) electrons. The number of fused-ring (bicyclic) bond motifs is 1. The smallest absolute Gasteiger partial charge is 0.335 e. The summed E-state index contributed by atoms with van der Waals surface area (Å²) in [6.07, 6.45) is 0. The number of carboxylic acids is 1. The zero-order valence-electron chi connectivity index (χ0n) is 8.74. The summed E-state index contributed by atoms with van der Waals surface area (Å²) >= 11 is 0. The van der Waals surface area contributed by atoms with Crippen LogP contribution in [0.4, 0.5) is 0 Å². The minimum atomic E-state index is -0.874. The van der Waals surface area contributed by atoms with Crippen LogP contribution < -0.4 is 0 Å². The molecule has 76 valence electrons. The van der Waals surface area contributed by atoms with Crippen LogP contribution in [0, 0.1) is 13.8 Å². The van der Waals surface area contributed by atoms with Crippen molar-refractivity contribution in [2.24, 2.45) is 0 Å². The molecule has 0 saturated carbocycles. The van der Waals surface area contributed by atoms with Crippen molar-refractivity contribution in [2.75, 3.05) is 0 Å². The van der Waals surface area contributed by atoms with Crippen LogP contribution in [0.15, 0.2) is 30.3 Å². The highest BCUT2D eigenvalue weighted by atomic mass is 16.4. The normalized spacial score (nSPS) is 10.5. The van der Waals surface area contributed by atoms with Gasteiger partial charge in [0.15, 0.2) is 0 Å². The highest BCUT2D eigenvalue weighted by Gasteiger charge is 2.07. The predicted molar refractivity (Wildman–Crippen MR) is 60.4 cm³/mol. The molecule has 1 N–H and O–H groups in total. The number of aromatic carboxylic acids is 1. The molecule has 0 aromatic heterocycles. The Bertz CT molecular complexity index is 541. The van der Waals surface area contributed by atoms with Gasteiger partial charge in [0.05, 0.1) is 5.56 Å². The molecule has 2 aromatic rings. The van der Waals surface area contributed by atoms with Crippen molar-refractivity contribution in [2.45, 2.75) is 13.8 Å². The molecule has 0 fully saturated rings. The first-order valence-corrected chi connectivity index (χ1v) is 4.83. The van der Waals surface area contributed by atoms with Crippen LogP contribution in [0.25, 0.3) is 10.8 Å². The monoisotopic (exact) mass is 200 g/mol. The molecule has 0 saturated heterocycles. The number of hydrogen-bond donors (Lipinski definition) is 1. The Hall–Kier alpha value is -1.83. The fraction of sp³-hybridized carbons (Fsp3) is 0.154. The van der Waals surface area contributed by atoms with Gasteiger partial charge < -0.3 is 5.11 Å². The second-order valence-corrected chi connectivity index (χ2v) is 3.77. The average molecular weight is 200 g/mol. The Kier molecular flexibility index (Phi) is 2.19. The number of carboxylic acid groups (broad SMARTS) is 1. The molecule has 2 aromatic carbocycles. The second-order valence-electron chi connectivity index (χ2n) is 3.77. The summed E-state index contributed by atoms with van der Waals surface area (Å²) in [4.78, 5) is 10.9. The van der Waals surface area contributed by atoms with Crippen LogP contribution in [0.3, 0.4) is 0 Å². The van der Waals surface area contributed by atoms with Gasteiger partial charge in [-0.25, -0.2) is 4.79 Å². The van der Waals surface area contributed by atoms with E-state index >= 15 is 0 Å². The van der Waals surface area contributed by atoms with E-state index in [0.29, 0.717) is 5.56 Å². The molecule has 0 aliphatic rings. The average Bonchev–Trinajstić information content (AvgIpc) is 2.17. The predicted octanol–water partition coefficient (Wildman–Crippen LogP) is 3.15. The lowest BCUT2D eigenvalue weighted by atomic mass is 9.98. The van der Waals surface area contributed by atoms with Crippen molar-refractivity contribution in [3.63, 3.8) is 0 Å². The van der Waals surface area contributed by atoms with Crippen LogP contribution in [0.5, 0.6) is 0 Å². The van der Waals surface area contributed by atoms with E-state index in [4.69, 9.17) is 5.11 Å². The largest absolute Gasteiger partial charge is 0.478 e. The summed E-state index contributed by atoms with van der Waals surface area (Å²) in [5.74, 6) is -0.874. The number of carbonyl (C=O) groups is 1. The zero-order valence-corrected chi connectivity index (χ0v) is 8.74. The van der Waals surface area contributed by atoms with Gasteiger partial charge in [-0.3, -0.25) is 0 Å². The van der Waals surface area contributed by atoms with Gasteiger partial charge in [0.2, 0.25) is 0 Å². The van der Waals surface area contributed by atoms with Gasteiger partial charge in [-0.1, -0.05) is 18.2 Å². The van der Waals surface area contributed by atoms with E-state index in [2.05, 4.69) is 0 Å². The van der Waals surface area contributed by atoms with Crippen LogP contribution in [0.1, 0.15) is 21.5 Å². The van der Waals surface area contributed by atoms with Gasteiger partial charge in [-0.15, -0.1) is 0 Å². The molecule has 0 unspecified atom stereocenters. The maximum absolute atomic E-state index is 10.9. The zero-order chi connectivity index (χ0) is 11.0. The molecule has 2 heteroatoms. The Morgan fingerprint density at radius 3 is 2.53 bits per heavy atom. The quantitative estimate of drug-likeness (QED) is 0.767. The lowest BCUT2D eigenvalue weighted by Gasteiger charge is -2.07. The second kappa shape index (κ2) is 3.39. The molecule has 0 aliphatic heterocycles. The molecular weight excluding hydrogens is 188 g/mol. The topological polar surface area (TPSA) is 37.3 Å². The number of rotatable bonds is 1. The van der Waals surface area contributed by atoms with Crippen LogP contribution in [-0.4, -0.2) is 11.1 Å². The van der Waals surface area contributed by atoms with E-state index < -0.39 is 5.97 Å². The summed E-state index contributed by atoms with van der Waals surface area (Å²) in [6, 6.07) is 9.37. The van der Waals surface area contributed by atoms with Gasteiger partial charge in [0.25, 0.3) is 0 Å². The maximum Gasteiger partial charge on any atom is 0.335 e. The summed E-state index contributed by atoms with van der Waals surface area (Å²) in [6.45, 7) is 3.98. The number of aryl methyl sites for hydroxylation is 2. The number of hydrogen-bond acceptors (Lipinski definition) is 1. The van der Waals surface area contributed by atoms with E-state index in [1.165, 1.54) is 5.56 Å². The van der Waals surface area contributed by atoms with Crippen molar-refractivity contribution in [1.82, 2.24) is 0 Å². The SMILES string of the molecule is Cc1cccc2cc(C(=O)O)cc(C)c12. The molecule has 0 heterocycles. The van der Waals surface area contributed by atoms with Crippen molar-refractivity contribution in [3.05, 3.63) is 47.0 Å². The third kappa shape index (κ3) is 1.59. The van der Waals surface area contributed by atoms with Crippen molar-refractivity contribution < 1.29 is 9.90 Å². The van der Waals surface area contributed by atoms with Gasteiger partial charge in [0.1, 0.15) is 0 Å². The first-order chi connectivity index (χ1) is 7.09. The molecule has 0 amide bonds. The van der Waals surface area contributed by atoms with E-state index in [1.807, 2.05) is 32.0 Å². The van der Waals surface area contributed by atoms with E-state index in [-0.39, 0.29) is 0 Å². The third-order valence-corrected chi connectivity index (χ3v) is 2.63. The highest BCUT2D eigenvalue weighted by Crippen LogP contribution is 2.23. The minimum absolute atomic E-state index is 0.352. The standard InChI is InChI=1S/C13H12O2/c1-8-4-3-5-10-7-11(13(14)15)6-9(2)12(8)10/h3-7H,1-2H3,(H,14,15). The highest BCUT2D eigenvalue weighted by molar-refractivity contribution is 5.97. The first kappa shape index (κ1) is 9.71. The van der Waals surface area contributed by atoms with Gasteiger partial charge in [0, 0.05) is 0 Å². The molecular formula is C13H12O2. The summed E-state index contributed by atoms with van der Waals surface area (Å²) in [7, 11) is 0. The van der Waals surface area contributed by atoms with Crippen molar-refractivity contribution >= 4 is 16.7 Å². The first-order valence-electron chi connectivity index (χ1n) is 4.83. The number of benzene rings is 2. The lowest BCUT2D eigenvalue weighted by Crippen LogP contribution is -1.97. The third-order valence-electron chi connectivity index (χ3n) is 2.63. The van der Waals surface area contributed by atoms with Crippen LogP contribution in [0.2, 0.25) is 0 Å². The van der Waals surface area contributed by atoms with Gasteiger partial charge in [-0.05, 0) is 47.9 Å². The minimum Gasteiger partial charge on any atom is -0.478 e. The summed E-state index contributed by atoms with van der Waals surface area (Å²) < 4.78 is 0. The van der Waals surface area contributed by atoms with E-state index in [9.17, 15) is 4.79 Å². The fourth-order valence-corrected chi connectivity index (χ4v) is 1.99.